The van der Waals surface area contributed by atoms with Gasteiger partial charge in [0.15, 0.2) is 12.3 Å². The standard InChI is InChI=1S/C24H24FN3O2/c25-19-10-12-20(13-11-19)28-16-14-27(15-17-28)18-24(29)26-22-8-4-5-9-23(22)30-21-6-2-1-3-7-21/h1-13H,14-18H2,(H,26,29)/p+1. The van der Waals surface area contributed by atoms with Crippen LogP contribution in [0, 0.1) is 5.82 Å². The molecule has 0 atom stereocenters. The summed E-state index contributed by atoms with van der Waals surface area (Å²) in [7, 11) is 0. The topological polar surface area (TPSA) is 46.0 Å². The fourth-order valence-electron chi connectivity index (χ4n) is 3.61. The molecule has 1 saturated heterocycles. The first kappa shape index (κ1) is 19.9. The highest BCUT2D eigenvalue weighted by Gasteiger charge is 2.23. The van der Waals surface area contributed by atoms with Crippen molar-refractivity contribution in [2.75, 3.05) is 42.9 Å². The summed E-state index contributed by atoms with van der Waals surface area (Å²) in [5.74, 6) is 1.08. The van der Waals surface area contributed by atoms with Crippen LogP contribution in [0.4, 0.5) is 15.8 Å². The molecule has 2 N–H and O–H groups in total. The fourth-order valence-corrected chi connectivity index (χ4v) is 3.61. The van der Waals surface area contributed by atoms with E-state index in [-0.39, 0.29) is 11.7 Å². The zero-order chi connectivity index (χ0) is 20.8. The van der Waals surface area contributed by atoms with Gasteiger partial charge >= 0.3 is 0 Å². The summed E-state index contributed by atoms with van der Waals surface area (Å²) in [6.07, 6.45) is 0. The number of amides is 1. The van der Waals surface area contributed by atoms with E-state index in [0.29, 0.717) is 18.0 Å². The normalized spacial score (nSPS) is 14.4. The van der Waals surface area contributed by atoms with Gasteiger partial charge in [0.1, 0.15) is 11.6 Å². The van der Waals surface area contributed by atoms with Crippen molar-refractivity contribution in [2.45, 2.75) is 0 Å². The predicted octanol–water partition coefficient (Wildman–Crippen LogP) is 2.96. The minimum absolute atomic E-state index is 0.0376. The van der Waals surface area contributed by atoms with Crippen molar-refractivity contribution in [1.82, 2.24) is 0 Å². The van der Waals surface area contributed by atoms with Crippen molar-refractivity contribution < 1.29 is 18.8 Å². The molecule has 0 bridgehead atoms. The molecule has 6 heteroatoms. The van der Waals surface area contributed by atoms with Gasteiger partial charge in [-0.3, -0.25) is 4.79 Å². The number of piperazine rings is 1. The molecular formula is C24H25FN3O2+. The first-order valence-corrected chi connectivity index (χ1v) is 10.1. The Balaban J connectivity index is 1.31. The number of carbonyl (C=O) groups excluding carboxylic acids is 1. The Bertz CT molecular complexity index is 971. The molecule has 4 rings (SSSR count). The third-order valence-electron chi connectivity index (χ3n) is 5.21. The summed E-state index contributed by atoms with van der Waals surface area (Å²) in [4.78, 5) is 16.1. The number of halogens is 1. The SMILES string of the molecule is O=C(C[NH+]1CCN(c2ccc(F)cc2)CC1)Nc1ccccc1Oc1ccccc1. The van der Waals surface area contributed by atoms with Gasteiger partial charge in [0, 0.05) is 5.69 Å². The molecule has 5 nitrogen and oxygen atoms in total. The van der Waals surface area contributed by atoms with E-state index < -0.39 is 0 Å². The van der Waals surface area contributed by atoms with Crippen molar-refractivity contribution in [2.24, 2.45) is 0 Å². The average molecular weight is 406 g/mol. The van der Waals surface area contributed by atoms with Crippen LogP contribution >= 0.6 is 0 Å². The van der Waals surface area contributed by atoms with Crippen LogP contribution in [-0.4, -0.2) is 38.6 Å². The van der Waals surface area contributed by atoms with Crippen LogP contribution < -0.4 is 19.9 Å². The molecule has 1 aliphatic rings. The summed E-state index contributed by atoms with van der Waals surface area (Å²) in [6, 6.07) is 23.5. The molecule has 154 valence electrons. The largest absolute Gasteiger partial charge is 0.455 e. The molecule has 1 heterocycles. The van der Waals surface area contributed by atoms with Crippen LogP contribution in [0.15, 0.2) is 78.9 Å². The van der Waals surface area contributed by atoms with Crippen molar-refractivity contribution in [1.29, 1.82) is 0 Å². The Labute approximate surface area is 175 Å². The number of nitrogens with zero attached hydrogens (tertiary/aromatic N) is 1. The third kappa shape index (κ3) is 5.15. The molecule has 3 aromatic carbocycles. The van der Waals surface area contributed by atoms with E-state index in [0.717, 1.165) is 37.6 Å². The van der Waals surface area contributed by atoms with Crippen LogP contribution in [0.2, 0.25) is 0 Å². The maximum absolute atomic E-state index is 13.1. The first-order chi connectivity index (χ1) is 14.7. The van der Waals surface area contributed by atoms with Crippen LogP contribution in [-0.2, 0) is 4.79 Å². The van der Waals surface area contributed by atoms with Gasteiger partial charge in [-0.1, -0.05) is 30.3 Å². The first-order valence-electron chi connectivity index (χ1n) is 10.1. The Morgan fingerprint density at radius 2 is 1.60 bits per heavy atom. The highest BCUT2D eigenvalue weighted by atomic mass is 19.1. The smallest absolute Gasteiger partial charge is 0.279 e. The molecule has 1 fully saturated rings. The van der Waals surface area contributed by atoms with Gasteiger partial charge in [-0.15, -0.1) is 0 Å². The molecular weight excluding hydrogens is 381 g/mol. The minimum atomic E-state index is -0.226. The summed E-state index contributed by atoms with van der Waals surface area (Å²) >= 11 is 0. The maximum Gasteiger partial charge on any atom is 0.279 e. The zero-order valence-electron chi connectivity index (χ0n) is 16.7. The van der Waals surface area contributed by atoms with Crippen molar-refractivity contribution >= 4 is 17.3 Å². The second-order valence-corrected chi connectivity index (χ2v) is 7.35. The minimum Gasteiger partial charge on any atom is -0.455 e. The number of hydrogen-bond acceptors (Lipinski definition) is 3. The predicted molar refractivity (Wildman–Crippen MR) is 116 cm³/mol. The molecule has 0 unspecified atom stereocenters. The summed E-state index contributed by atoms with van der Waals surface area (Å²) < 4.78 is 19.0. The number of ether oxygens (including phenoxy) is 1. The van der Waals surface area contributed by atoms with Gasteiger partial charge in [-0.05, 0) is 48.5 Å². The van der Waals surface area contributed by atoms with Gasteiger partial charge in [-0.25, -0.2) is 4.39 Å². The molecule has 0 aromatic heterocycles. The Kier molecular flexibility index (Phi) is 6.25. The van der Waals surface area contributed by atoms with Gasteiger partial charge < -0.3 is 19.9 Å². The van der Waals surface area contributed by atoms with Gasteiger partial charge in [0.25, 0.3) is 5.91 Å². The van der Waals surface area contributed by atoms with E-state index >= 15 is 0 Å². The lowest BCUT2D eigenvalue weighted by Gasteiger charge is -2.33. The highest BCUT2D eigenvalue weighted by Crippen LogP contribution is 2.28. The average Bonchev–Trinajstić information content (AvgIpc) is 2.77. The molecule has 0 spiro atoms. The van der Waals surface area contributed by atoms with Crippen molar-refractivity contribution in [3.63, 3.8) is 0 Å². The zero-order valence-corrected chi connectivity index (χ0v) is 16.7. The number of nitrogens with one attached hydrogen (secondary N) is 2. The summed E-state index contributed by atoms with van der Waals surface area (Å²) in [6.45, 7) is 3.78. The Morgan fingerprint density at radius 1 is 0.933 bits per heavy atom. The second kappa shape index (κ2) is 9.41. The number of quaternary nitrogens is 1. The molecule has 3 aromatic rings. The lowest BCUT2D eigenvalue weighted by atomic mass is 10.2. The molecule has 0 radical (unpaired) electrons. The van der Waals surface area contributed by atoms with Crippen LogP contribution in [0.5, 0.6) is 11.5 Å². The van der Waals surface area contributed by atoms with E-state index in [9.17, 15) is 9.18 Å². The maximum atomic E-state index is 13.1. The highest BCUT2D eigenvalue weighted by molar-refractivity contribution is 5.93. The van der Waals surface area contributed by atoms with Crippen LogP contribution in [0.25, 0.3) is 0 Å². The fraction of sp³-hybridized carbons (Fsp3) is 0.208. The number of rotatable bonds is 6. The van der Waals surface area contributed by atoms with Gasteiger partial charge in [0.2, 0.25) is 0 Å². The lowest BCUT2D eigenvalue weighted by Crippen LogP contribution is -3.15. The number of hydrogen-bond donors (Lipinski definition) is 2. The number of anilines is 2. The second-order valence-electron chi connectivity index (χ2n) is 7.35. The molecule has 1 amide bonds. The quantitative estimate of drug-likeness (QED) is 0.662. The van der Waals surface area contributed by atoms with Crippen molar-refractivity contribution in [3.8, 4) is 11.5 Å². The van der Waals surface area contributed by atoms with Crippen LogP contribution in [0.1, 0.15) is 0 Å². The van der Waals surface area contributed by atoms with E-state index in [4.69, 9.17) is 4.74 Å². The third-order valence-corrected chi connectivity index (χ3v) is 5.21. The Hall–Kier alpha value is -3.38. The van der Waals surface area contributed by atoms with Crippen molar-refractivity contribution in [3.05, 3.63) is 84.7 Å². The summed E-state index contributed by atoms with van der Waals surface area (Å²) in [5.41, 5.74) is 1.68. The molecule has 30 heavy (non-hydrogen) atoms. The molecule has 0 saturated carbocycles. The number of para-hydroxylation sites is 3. The van der Waals surface area contributed by atoms with Crippen LogP contribution in [0.3, 0.4) is 0 Å². The van der Waals surface area contributed by atoms with E-state index in [1.165, 1.54) is 17.0 Å². The monoisotopic (exact) mass is 406 g/mol. The van der Waals surface area contributed by atoms with E-state index in [1.807, 2.05) is 54.6 Å². The number of benzene rings is 3. The van der Waals surface area contributed by atoms with E-state index in [1.54, 1.807) is 12.1 Å². The Morgan fingerprint density at radius 3 is 2.33 bits per heavy atom. The van der Waals surface area contributed by atoms with E-state index in [2.05, 4.69) is 10.2 Å². The summed E-state index contributed by atoms with van der Waals surface area (Å²) in [5, 5.41) is 2.99. The molecule has 1 aliphatic heterocycles. The molecule has 0 aliphatic carbocycles. The van der Waals surface area contributed by atoms with Gasteiger partial charge in [-0.2, -0.15) is 0 Å². The van der Waals surface area contributed by atoms with Gasteiger partial charge in [0.05, 0.1) is 31.9 Å². The lowest BCUT2D eigenvalue weighted by molar-refractivity contribution is -0.892. The number of carbonyl (C=O) groups is 1.